The Morgan fingerprint density at radius 1 is 0.967 bits per heavy atom. The van der Waals surface area contributed by atoms with Crippen molar-refractivity contribution in [1.82, 2.24) is 10.6 Å². The number of allylic oxidation sites excluding steroid dienone is 3. The number of anilines is 1. The average Bonchev–Trinajstić information content (AvgIpc) is 2.78. The molecule has 30 heavy (non-hydrogen) atoms. The van der Waals surface area contributed by atoms with Gasteiger partial charge >= 0.3 is 0 Å². The number of hydrogen-bond donors (Lipinski definition) is 3. The fraction of sp³-hybridized carbons (Fsp3) is 0.481. The van der Waals surface area contributed by atoms with Gasteiger partial charge in [0.2, 0.25) is 0 Å². The van der Waals surface area contributed by atoms with Crippen LogP contribution in [0.4, 0.5) is 5.69 Å². The largest absolute Gasteiger partial charge is 0.391 e. The summed E-state index contributed by atoms with van der Waals surface area (Å²) in [5.41, 5.74) is 5.53. The molecule has 1 aliphatic rings. The molecule has 0 radical (unpaired) electrons. The third kappa shape index (κ3) is 7.87. The number of fused-ring (bicyclic) bond motifs is 1. The molecule has 3 nitrogen and oxygen atoms in total. The molecule has 0 spiro atoms. The van der Waals surface area contributed by atoms with Gasteiger partial charge in [0.1, 0.15) is 0 Å². The van der Waals surface area contributed by atoms with Crippen LogP contribution in [0.5, 0.6) is 0 Å². The van der Waals surface area contributed by atoms with Crippen molar-refractivity contribution < 1.29 is 0 Å². The lowest BCUT2D eigenvalue weighted by molar-refractivity contribution is 0.650. The van der Waals surface area contributed by atoms with E-state index in [9.17, 15) is 0 Å². The lowest BCUT2D eigenvalue weighted by Gasteiger charge is -2.21. The molecular formula is C27H41N3. The third-order valence-corrected chi connectivity index (χ3v) is 5.66. The second-order valence-corrected chi connectivity index (χ2v) is 7.96. The molecule has 3 rings (SSSR count). The summed E-state index contributed by atoms with van der Waals surface area (Å²) in [6, 6.07) is 14.9. The molecule has 3 heteroatoms. The van der Waals surface area contributed by atoms with E-state index >= 15 is 0 Å². The van der Waals surface area contributed by atoms with Crippen molar-refractivity contribution in [3.63, 3.8) is 0 Å². The summed E-state index contributed by atoms with van der Waals surface area (Å²) >= 11 is 0. The predicted octanol–water partition coefficient (Wildman–Crippen LogP) is 6.64. The van der Waals surface area contributed by atoms with Gasteiger partial charge in [-0.2, -0.15) is 0 Å². The fourth-order valence-corrected chi connectivity index (χ4v) is 3.88. The van der Waals surface area contributed by atoms with Crippen LogP contribution in [0, 0.1) is 0 Å². The Bertz CT molecular complexity index is 807. The van der Waals surface area contributed by atoms with Crippen molar-refractivity contribution in [3.05, 3.63) is 65.9 Å². The van der Waals surface area contributed by atoms with Gasteiger partial charge in [-0.1, -0.05) is 62.8 Å². The van der Waals surface area contributed by atoms with Crippen LogP contribution in [0.1, 0.15) is 58.8 Å². The lowest BCUT2D eigenvalue weighted by atomic mass is 9.88. The number of likely N-dealkylation sites (N-methyl/N-ethyl adjacent to an activating group) is 1. The molecule has 1 saturated carbocycles. The van der Waals surface area contributed by atoms with Crippen molar-refractivity contribution in [2.45, 2.75) is 58.8 Å². The SMILES string of the molecule is C=C1CCCC/C1=C(\CCCC)NC.CCNCCNc1ccc2ccccc2c1. The quantitative estimate of drug-likeness (QED) is 0.408. The van der Waals surface area contributed by atoms with E-state index in [0.29, 0.717) is 0 Å². The van der Waals surface area contributed by atoms with Crippen LogP contribution < -0.4 is 16.0 Å². The zero-order valence-corrected chi connectivity index (χ0v) is 19.3. The Morgan fingerprint density at radius 2 is 1.73 bits per heavy atom. The Balaban J connectivity index is 0.000000216. The maximum atomic E-state index is 4.17. The molecule has 0 unspecified atom stereocenters. The highest BCUT2D eigenvalue weighted by Crippen LogP contribution is 2.30. The first-order valence-corrected chi connectivity index (χ1v) is 11.7. The van der Waals surface area contributed by atoms with Crippen LogP contribution in [0.2, 0.25) is 0 Å². The maximum Gasteiger partial charge on any atom is 0.0347 e. The van der Waals surface area contributed by atoms with E-state index in [1.165, 1.54) is 78.2 Å². The second-order valence-electron chi connectivity index (χ2n) is 7.96. The molecule has 0 bridgehead atoms. The molecule has 2 aromatic rings. The van der Waals surface area contributed by atoms with Gasteiger partial charge < -0.3 is 16.0 Å². The molecule has 1 fully saturated rings. The lowest BCUT2D eigenvalue weighted by Crippen LogP contribution is -2.21. The first kappa shape index (κ1) is 24.0. The summed E-state index contributed by atoms with van der Waals surface area (Å²) in [7, 11) is 2.04. The smallest absolute Gasteiger partial charge is 0.0347 e. The van der Waals surface area contributed by atoms with Gasteiger partial charge in [-0.25, -0.2) is 0 Å². The molecule has 0 aromatic heterocycles. The molecule has 3 N–H and O–H groups in total. The van der Waals surface area contributed by atoms with Crippen LogP contribution in [0.3, 0.4) is 0 Å². The van der Waals surface area contributed by atoms with Gasteiger partial charge in [-0.05, 0) is 73.5 Å². The molecule has 0 aliphatic heterocycles. The molecular weight excluding hydrogens is 366 g/mol. The zero-order chi connectivity index (χ0) is 21.6. The van der Waals surface area contributed by atoms with Crippen LogP contribution in [-0.2, 0) is 0 Å². The topological polar surface area (TPSA) is 36.1 Å². The fourth-order valence-electron chi connectivity index (χ4n) is 3.88. The van der Waals surface area contributed by atoms with E-state index in [0.717, 1.165) is 19.6 Å². The van der Waals surface area contributed by atoms with Crippen LogP contribution >= 0.6 is 0 Å². The van der Waals surface area contributed by atoms with Gasteiger partial charge in [0, 0.05) is 31.5 Å². The first-order valence-electron chi connectivity index (χ1n) is 11.7. The van der Waals surface area contributed by atoms with Crippen LogP contribution in [0.15, 0.2) is 65.9 Å². The Hall–Kier alpha value is -2.26. The van der Waals surface area contributed by atoms with E-state index in [-0.39, 0.29) is 0 Å². The predicted molar refractivity (Wildman–Crippen MR) is 134 cm³/mol. The minimum Gasteiger partial charge on any atom is -0.391 e. The van der Waals surface area contributed by atoms with Gasteiger partial charge in [0.15, 0.2) is 0 Å². The van der Waals surface area contributed by atoms with Crippen molar-refractivity contribution in [2.24, 2.45) is 0 Å². The number of nitrogens with one attached hydrogen (secondary N) is 3. The molecule has 0 atom stereocenters. The highest BCUT2D eigenvalue weighted by Gasteiger charge is 2.13. The van der Waals surface area contributed by atoms with Crippen molar-refractivity contribution >= 4 is 16.5 Å². The standard InChI is InChI=1S/C14H18N2.C13H23N/c1-2-15-9-10-16-14-8-7-12-5-3-4-6-13(12)11-14;1-4-5-10-13(14-3)12-9-7-6-8-11(12)2/h3-8,11,15-16H,2,9-10H2,1H3;14H,2,4-10H2,1,3H3/b;13-12-. The Kier molecular flexibility index (Phi) is 11.1. The van der Waals surface area contributed by atoms with E-state index < -0.39 is 0 Å². The third-order valence-electron chi connectivity index (χ3n) is 5.66. The van der Waals surface area contributed by atoms with E-state index in [4.69, 9.17) is 0 Å². The molecule has 0 amide bonds. The average molecular weight is 408 g/mol. The second kappa shape index (κ2) is 13.9. The normalized spacial score (nSPS) is 15.4. The minimum absolute atomic E-state index is 0.964. The van der Waals surface area contributed by atoms with Gasteiger partial charge in [0.25, 0.3) is 0 Å². The zero-order valence-electron chi connectivity index (χ0n) is 19.3. The summed E-state index contributed by atoms with van der Waals surface area (Å²) in [6.45, 7) is 11.5. The number of unbranched alkanes of at least 4 members (excludes halogenated alkanes) is 1. The summed E-state index contributed by atoms with van der Waals surface area (Å²) in [6.07, 6.45) is 8.85. The molecule has 164 valence electrons. The summed E-state index contributed by atoms with van der Waals surface area (Å²) in [5, 5.41) is 12.6. The van der Waals surface area contributed by atoms with Gasteiger partial charge in [-0.3, -0.25) is 0 Å². The summed E-state index contributed by atoms with van der Waals surface area (Å²) < 4.78 is 0. The van der Waals surface area contributed by atoms with E-state index in [1.807, 2.05) is 7.05 Å². The highest BCUT2D eigenvalue weighted by molar-refractivity contribution is 5.85. The highest BCUT2D eigenvalue weighted by atomic mass is 14.9. The Morgan fingerprint density at radius 3 is 2.43 bits per heavy atom. The van der Waals surface area contributed by atoms with Gasteiger partial charge in [0.05, 0.1) is 0 Å². The molecule has 1 aliphatic carbocycles. The van der Waals surface area contributed by atoms with E-state index in [2.05, 4.69) is 78.8 Å². The van der Waals surface area contributed by atoms with Crippen molar-refractivity contribution in [1.29, 1.82) is 0 Å². The minimum atomic E-state index is 0.964. The molecule has 0 saturated heterocycles. The van der Waals surface area contributed by atoms with Gasteiger partial charge in [-0.15, -0.1) is 0 Å². The molecule has 0 heterocycles. The number of hydrogen-bond acceptors (Lipinski definition) is 3. The number of rotatable bonds is 9. The monoisotopic (exact) mass is 407 g/mol. The van der Waals surface area contributed by atoms with Crippen molar-refractivity contribution in [2.75, 3.05) is 32.0 Å². The van der Waals surface area contributed by atoms with Crippen molar-refractivity contribution in [3.8, 4) is 0 Å². The number of benzene rings is 2. The Labute approximate surface area is 184 Å². The summed E-state index contributed by atoms with van der Waals surface area (Å²) in [5.74, 6) is 0. The molecule has 2 aromatic carbocycles. The summed E-state index contributed by atoms with van der Waals surface area (Å²) in [4.78, 5) is 0. The van der Waals surface area contributed by atoms with Crippen LogP contribution in [-0.4, -0.2) is 26.7 Å². The van der Waals surface area contributed by atoms with E-state index in [1.54, 1.807) is 0 Å². The first-order chi connectivity index (χ1) is 14.7. The van der Waals surface area contributed by atoms with Crippen LogP contribution in [0.25, 0.3) is 10.8 Å². The maximum absolute atomic E-state index is 4.17.